The molecule has 1 unspecified atom stereocenters. The van der Waals surface area contributed by atoms with Crippen molar-refractivity contribution in [2.75, 3.05) is 6.54 Å². The highest BCUT2D eigenvalue weighted by Gasteiger charge is 2.23. The van der Waals surface area contributed by atoms with Crippen LogP contribution < -0.4 is 10.6 Å². The number of nitrogens with one attached hydrogen (secondary N) is 2. The summed E-state index contributed by atoms with van der Waals surface area (Å²) in [5.41, 5.74) is 1.63. The number of hydrogen-bond donors (Lipinski definition) is 2. The highest BCUT2D eigenvalue weighted by molar-refractivity contribution is 9.10. The van der Waals surface area contributed by atoms with Crippen molar-refractivity contribution < 1.29 is 9.59 Å². The van der Waals surface area contributed by atoms with E-state index in [-0.39, 0.29) is 17.9 Å². The van der Waals surface area contributed by atoms with Crippen LogP contribution in [-0.4, -0.2) is 24.4 Å². The Morgan fingerprint density at radius 1 is 1.47 bits per heavy atom. The molecule has 1 aliphatic rings. The van der Waals surface area contributed by atoms with Gasteiger partial charge < -0.3 is 10.6 Å². The molecule has 0 spiro atoms. The van der Waals surface area contributed by atoms with E-state index in [9.17, 15) is 9.59 Å². The Hall–Kier alpha value is -1.36. The molecule has 1 aromatic rings. The number of amides is 2. The van der Waals surface area contributed by atoms with E-state index in [0.717, 1.165) is 10.0 Å². The molecule has 1 aromatic carbocycles. The van der Waals surface area contributed by atoms with Crippen LogP contribution in [0.1, 0.15) is 22.3 Å². The second kappa shape index (κ2) is 4.87. The van der Waals surface area contributed by atoms with Crippen LogP contribution in [0.3, 0.4) is 0 Å². The maximum Gasteiger partial charge on any atom is 0.251 e. The number of halogens is 1. The first-order chi connectivity index (χ1) is 8.04. The van der Waals surface area contributed by atoms with Gasteiger partial charge in [-0.25, -0.2) is 0 Å². The molecule has 1 atom stereocenters. The van der Waals surface area contributed by atoms with Crippen molar-refractivity contribution in [2.45, 2.75) is 19.4 Å². The summed E-state index contributed by atoms with van der Waals surface area (Å²) in [6.07, 6.45) is 0.360. The molecule has 2 amide bonds. The Kier molecular flexibility index (Phi) is 3.47. The Morgan fingerprint density at radius 2 is 2.24 bits per heavy atom. The minimum Gasteiger partial charge on any atom is -0.354 e. The van der Waals surface area contributed by atoms with E-state index in [0.29, 0.717) is 18.5 Å². The van der Waals surface area contributed by atoms with E-state index in [2.05, 4.69) is 26.6 Å². The van der Waals surface area contributed by atoms with E-state index in [1.807, 2.05) is 19.1 Å². The Morgan fingerprint density at radius 3 is 2.82 bits per heavy atom. The first-order valence-corrected chi connectivity index (χ1v) is 6.18. The molecule has 0 aliphatic carbocycles. The summed E-state index contributed by atoms with van der Waals surface area (Å²) in [4.78, 5) is 23.0. The van der Waals surface area contributed by atoms with Crippen LogP contribution in [0.5, 0.6) is 0 Å². The van der Waals surface area contributed by atoms with Gasteiger partial charge in [0.2, 0.25) is 5.91 Å². The molecular weight excluding hydrogens is 284 g/mol. The number of carbonyl (C=O) groups is 2. The number of rotatable bonds is 2. The third kappa shape index (κ3) is 3.06. The monoisotopic (exact) mass is 296 g/mol. The third-order valence-electron chi connectivity index (χ3n) is 2.62. The summed E-state index contributed by atoms with van der Waals surface area (Å²) in [6.45, 7) is 2.44. The highest BCUT2D eigenvalue weighted by Crippen LogP contribution is 2.15. The molecule has 0 bridgehead atoms. The normalized spacial score (nSPS) is 18.9. The van der Waals surface area contributed by atoms with Gasteiger partial charge in [0.05, 0.1) is 6.04 Å². The lowest BCUT2D eigenvalue weighted by atomic mass is 10.1. The lowest BCUT2D eigenvalue weighted by molar-refractivity contribution is -0.119. The van der Waals surface area contributed by atoms with E-state index in [1.54, 1.807) is 6.07 Å². The molecule has 1 aliphatic heterocycles. The molecule has 4 nitrogen and oxygen atoms in total. The van der Waals surface area contributed by atoms with Gasteiger partial charge in [-0.3, -0.25) is 9.59 Å². The SMILES string of the molecule is Cc1cc(Br)cc(C(=O)NC2CNC(=O)C2)c1. The first-order valence-electron chi connectivity index (χ1n) is 5.39. The van der Waals surface area contributed by atoms with Crippen molar-refractivity contribution in [1.29, 1.82) is 0 Å². The number of aryl methyl sites for hydroxylation is 1. The van der Waals surface area contributed by atoms with Crippen molar-refractivity contribution >= 4 is 27.7 Å². The summed E-state index contributed by atoms with van der Waals surface area (Å²) >= 11 is 3.36. The van der Waals surface area contributed by atoms with Gasteiger partial charge >= 0.3 is 0 Å². The third-order valence-corrected chi connectivity index (χ3v) is 3.07. The summed E-state index contributed by atoms with van der Waals surface area (Å²) in [5.74, 6) is -0.156. The Labute approximate surface area is 108 Å². The minimum atomic E-state index is -0.143. The fourth-order valence-corrected chi connectivity index (χ4v) is 2.45. The largest absolute Gasteiger partial charge is 0.354 e. The average molecular weight is 297 g/mol. The molecule has 2 rings (SSSR count). The van der Waals surface area contributed by atoms with Crippen LogP contribution in [0, 0.1) is 6.92 Å². The summed E-state index contributed by atoms with van der Waals surface area (Å²) in [7, 11) is 0. The fraction of sp³-hybridized carbons (Fsp3) is 0.333. The quantitative estimate of drug-likeness (QED) is 0.866. The number of benzene rings is 1. The van der Waals surface area contributed by atoms with Crippen LogP contribution in [-0.2, 0) is 4.79 Å². The molecule has 1 saturated heterocycles. The predicted molar refractivity (Wildman–Crippen MR) is 67.8 cm³/mol. The van der Waals surface area contributed by atoms with Gasteiger partial charge in [0.1, 0.15) is 0 Å². The van der Waals surface area contributed by atoms with Gasteiger partial charge in [0.25, 0.3) is 5.91 Å². The molecular formula is C12H13BrN2O2. The summed E-state index contributed by atoms with van der Waals surface area (Å²) in [6, 6.07) is 5.43. The Balaban J connectivity index is 2.06. The number of hydrogen-bond acceptors (Lipinski definition) is 2. The highest BCUT2D eigenvalue weighted by atomic mass is 79.9. The second-order valence-corrected chi connectivity index (χ2v) is 5.11. The summed E-state index contributed by atoms with van der Waals surface area (Å²) < 4.78 is 0.878. The predicted octanol–water partition coefficient (Wildman–Crippen LogP) is 1.38. The van der Waals surface area contributed by atoms with Gasteiger partial charge in [0.15, 0.2) is 0 Å². The van der Waals surface area contributed by atoms with Gasteiger partial charge in [-0.05, 0) is 30.7 Å². The van der Waals surface area contributed by atoms with Crippen LogP contribution in [0.15, 0.2) is 22.7 Å². The van der Waals surface area contributed by atoms with Crippen molar-refractivity contribution in [3.63, 3.8) is 0 Å². The molecule has 2 N–H and O–H groups in total. The minimum absolute atomic E-state index is 0.0132. The standard InChI is InChI=1S/C12H13BrN2O2/c1-7-2-8(4-9(13)3-7)12(17)15-10-5-11(16)14-6-10/h2-4,10H,5-6H2,1H3,(H,14,16)(H,15,17). The molecule has 1 heterocycles. The van der Waals surface area contributed by atoms with Crippen molar-refractivity contribution in [3.8, 4) is 0 Å². The average Bonchev–Trinajstić information content (AvgIpc) is 2.62. The molecule has 0 saturated carbocycles. The maximum absolute atomic E-state index is 11.9. The van der Waals surface area contributed by atoms with Crippen molar-refractivity contribution in [3.05, 3.63) is 33.8 Å². The smallest absolute Gasteiger partial charge is 0.251 e. The zero-order valence-corrected chi connectivity index (χ0v) is 11.0. The zero-order chi connectivity index (χ0) is 12.4. The fourth-order valence-electron chi connectivity index (χ4n) is 1.84. The lowest BCUT2D eigenvalue weighted by Gasteiger charge is -2.11. The maximum atomic E-state index is 11.9. The lowest BCUT2D eigenvalue weighted by Crippen LogP contribution is -2.36. The van der Waals surface area contributed by atoms with Crippen LogP contribution in [0.25, 0.3) is 0 Å². The van der Waals surface area contributed by atoms with Crippen LogP contribution >= 0.6 is 15.9 Å². The molecule has 90 valence electrons. The first kappa shape index (κ1) is 12.1. The van der Waals surface area contributed by atoms with Gasteiger partial charge in [-0.1, -0.05) is 15.9 Å². The molecule has 0 radical (unpaired) electrons. The van der Waals surface area contributed by atoms with Crippen LogP contribution in [0.2, 0.25) is 0 Å². The van der Waals surface area contributed by atoms with E-state index in [4.69, 9.17) is 0 Å². The van der Waals surface area contributed by atoms with Crippen molar-refractivity contribution in [1.82, 2.24) is 10.6 Å². The zero-order valence-electron chi connectivity index (χ0n) is 9.42. The second-order valence-electron chi connectivity index (χ2n) is 4.20. The van der Waals surface area contributed by atoms with Crippen LogP contribution in [0.4, 0.5) is 0 Å². The molecule has 1 fully saturated rings. The van der Waals surface area contributed by atoms with Crippen molar-refractivity contribution in [2.24, 2.45) is 0 Å². The van der Waals surface area contributed by atoms with E-state index < -0.39 is 0 Å². The molecule has 0 aromatic heterocycles. The summed E-state index contributed by atoms with van der Waals surface area (Å²) in [5, 5.41) is 5.52. The number of carbonyl (C=O) groups excluding carboxylic acids is 2. The van der Waals surface area contributed by atoms with Gasteiger partial charge in [-0.15, -0.1) is 0 Å². The van der Waals surface area contributed by atoms with Gasteiger partial charge in [0, 0.05) is 23.0 Å². The molecule has 5 heteroatoms. The van der Waals surface area contributed by atoms with Gasteiger partial charge in [-0.2, -0.15) is 0 Å². The van der Waals surface area contributed by atoms with E-state index in [1.165, 1.54) is 0 Å². The Bertz CT molecular complexity index is 453. The topological polar surface area (TPSA) is 58.2 Å². The van der Waals surface area contributed by atoms with E-state index >= 15 is 0 Å². The molecule has 17 heavy (non-hydrogen) atoms.